The molecule has 0 aliphatic rings. The molecule has 0 atom stereocenters. The zero-order valence-corrected chi connectivity index (χ0v) is 13.2. The average molecular weight is 327 g/mol. The predicted molar refractivity (Wildman–Crippen MR) is 88.1 cm³/mol. The standard InChI is InChI=1S/C19H15F2NO2/c1-11(23)16-17(12-3-7-14(20)8-4-12)18(22-19(16)24-2)13-5-9-15(21)10-6-13/h3-10,22H,1-2H3. The smallest absolute Gasteiger partial charge is 0.202 e. The lowest BCUT2D eigenvalue weighted by Gasteiger charge is -2.07. The second-order valence-electron chi connectivity index (χ2n) is 5.35. The number of carbonyl (C=O) groups excluding carboxylic acids is 1. The predicted octanol–water partition coefficient (Wildman–Crippen LogP) is 4.84. The van der Waals surface area contributed by atoms with Crippen molar-refractivity contribution in [2.24, 2.45) is 0 Å². The Labute approximate surface area is 137 Å². The van der Waals surface area contributed by atoms with Gasteiger partial charge in [-0.1, -0.05) is 12.1 Å². The molecular weight excluding hydrogens is 312 g/mol. The second kappa shape index (κ2) is 6.28. The molecule has 0 amide bonds. The van der Waals surface area contributed by atoms with Gasteiger partial charge in [0.15, 0.2) is 5.78 Å². The summed E-state index contributed by atoms with van der Waals surface area (Å²) >= 11 is 0. The molecule has 3 aromatic rings. The van der Waals surface area contributed by atoms with Crippen molar-refractivity contribution in [1.29, 1.82) is 0 Å². The number of carbonyl (C=O) groups is 1. The summed E-state index contributed by atoms with van der Waals surface area (Å²) in [6.07, 6.45) is 0. The summed E-state index contributed by atoms with van der Waals surface area (Å²) in [5.41, 5.74) is 2.96. The lowest BCUT2D eigenvalue weighted by molar-refractivity contribution is 0.101. The second-order valence-corrected chi connectivity index (χ2v) is 5.35. The Bertz CT molecular complexity index is 881. The number of hydrogen-bond acceptors (Lipinski definition) is 2. The Morgan fingerprint density at radius 3 is 1.88 bits per heavy atom. The topological polar surface area (TPSA) is 42.1 Å². The van der Waals surface area contributed by atoms with Crippen LogP contribution in [0, 0.1) is 11.6 Å². The number of nitrogens with one attached hydrogen (secondary N) is 1. The zero-order chi connectivity index (χ0) is 17.3. The number of ketones is 1. The van der Waals surface area contributed by atoms with Gasteiger partial charge < -0.3 is 9.72 Å². The van der Waals surface area contributed by atoms with Gasteiger partial charge in [-0.05, 0) is 54.4 Å². The first-order chi connectivity index (χ1) is 11.5. The number of aromatic amines is 1. The molecule has 1 heterocycles. The van der Waals surface area contributed by atoms with Crippen LogP contribution in [0.5, 0.6) is 5.88 Å². The van der Waals surface area contributed by atoms with E-state index in [0.717, 1.165) is 0 Å². The largest absolute Gasteiger partial charge is 0.482 e. The molecule has 0 bridgehead atoms. The molecule has 24 heavy (non-hydrogen) atoms. The van der Waals surface area contributed by atoms with E-state index in [1.165, 1.54) is 38.3 Å². The number of rotatable bonds is 4. The van der Waals surface area contributed by atoms with Gasteiger partial charge in [-0.2, -0.15) is 0 Å². The number of Topliss-reactive ketones (excluding diaryl/α,β-unsaturated/α-hetero) is 1. The zero-order valence-electron chi connectivity index (χ0n) is 13.2. The molecule has 0 fully saturated rings. The normalized spacial score (nSPS) is 10.7. The molecule has 0 radical (unpaired) electrons. The van der Waals surface area contributed by atoms with Crippen LogP contribution in [0.1, 0.15) is 17.3 Å². The van der Waals surface area contributed by atoms with Gasteiger partial charge in [-0.15, -0.1) is 0 Å². The molecule has 0 aliphatic carbocycles. The van der Waals surface area contributed by atoms with Crippen molar-refractivity contribution in [2.45, 2.75) is 6.92 Å². The van der Waals surface area contributed by atoms with Crippen LogP contribution < -0.4 is 4.74 Å². The number of halogens is 2. The van der Waals surface area contributed by atoms with Crippen molar-refractivity contribution in [3.05, 3.63) is 65.7 Å². The minimum absolute atomic E-state index is 0.184. The van der Waals surface area contributed by atoms with E-state index >= 15 is 0 Å². The van der Waals surface area contributed by atoms with Crippen molar-refractivity contribution >= 4 is 5.78 Å². The summed E-state index contributed by atoms with van der Waals surface area (Å²) in [6, 6.07) is 11.7. The average Bonchev–Trinajstić information content (AvgIpc) is 2.96. The molecule has 0 aliphatic heterocycles. The number of H-pyrrole nitrogens is 1. The Morgan fingerprint density at radius 1 is 0.917 bits per heavy atom. The highest BCUT2D eigenvalue weighted by molar-refractivity contribution is 6.07. The molecule has 0 saturated carbocycles. The maximum absolute atomic E-state index is 13.3. The SMILES string of the molecule is COc1[nH]c(-c2ccc(F)cc2)c(-c2ccc(F)cc2)c1C(C)=O. The summed E-state index contributed by atoms with van der Waals surface area (Å²) in [5.74, 6) is -0.585. The molecule has 122 valence electrons. The lowest BCUT2D eigenvalue weighted by Crippen LogP contribution is -1.97. The minimum atomic E-state index is -0.367. The van der Waals surface area contributed by atoms with E-state index in [1.807, 2.05) is 0 Å². The molecule has 0 unspecified atom stereocenters. The van der Waals surface area contributed by atoms with Crippen molar-refractivity contribution < 1.29 is 18.3 Å². The Hall–Kier alpha value is -2.95. The molecule has 2 aromatic carbocycles. The van der Waals surface area contributed by atoms with E-state index in [0.29, 0.717) is 33.8 Å². The van der Waals surface area contributed by atoms with E-state index in [-0.39, 0.29) is 17.4 Å². The van der Waals surface area contributed by atoms with Crippen LogP contribution in [0.25, 0.3) is 22.4 Å². The number of ether oxygens (including phenoxy) is 1. The Balaban J connectivity index is 2.30. The fraction of sp³-hybridized carbons (Fsp3) is 0.105. The van der Waals surface area contributed by atoms with Gasteiger partial charge in [0.05, 0.1) is 18.4 Å². The molecule has 0 spiro atoms. The van der Waals surface area contributed by atoms with Crippen molar-refractivity contribution in [2.75, 3.05) is 7.11 Å². The highest BCUT2D eigenvalue weighted by Gasteiger charge is 2.23. The van der Waals surface area contributed by atoms with Crippen LogP contribution in [0.2, 0.25) is 0 Å². The van der Waals surface area contributed by atoms with Crippen LogP contribution >= 0.6 is 0 Å². The van der Waals surface area contributed by atoms with Crippen LogP contribution in [-0.2, 0) is 0 Å². The quantitative estimate of drug-likeness (QED) is 0.697. The van der Waals surface area contributed by atoms with Gasteiger partial charge >= 0.3 is 0 Å². The maximum atomic E-state index is 13.3. The summed E-state index contributed by atoms with van der Waals surface area (Å²) in [7, 11) is 1.46. The lowest BCUT2D eigenvalue weighted by atomic mass is 9.96. The monoisotopic (exact) mass is 327 g/mol. The minimum Gasteiger partial charge on any atom is -0.482 e. The van der Waals surface area contributed by atoms with Crippen LogP contribution in [0.3, 0.4) is 0 Å². The van der Waals surface area contributed by atoms with Crippen LogP contribution in [-0.4, -0.2) is 17.9 Å². The molecule has 3 nitrogen and oxygen atoms in total. The third-order valence-electron chi connectivity index (χ3n) is 3.79. The summed E-state index contributed by atoms with van der Waals surface area (Å²) in [6.45, 7) is 1.44. The van der Waals surface area contributed by atoms with E-state index in [4.69, 9.17) is 4.74 Å². The first kappa shape index (κ1) is 15.9. The summed E-state index contributed by atoms with van der Waals surface area (Å²) in [5, 5.41) is 0. The molecule has 0 saturated heterocycles. The molecule has 1 aromatic heterocycles. The van der Waals surface area contributed by atoms with Gasteiger partial charge in [-0.25, -0.2) is 8.78 Å². The van der Waals surface area contributed by atoms with Crippen molar-refractivity contribution in [3.8, 4) is 28.3 Å². The van der Waals surface area contributed by atoms with Gasteiger partial charge in [0.1, 0.15) is 11.6 Å². The van der Waals surface area contributed by atoms with E-state index in [2.05, 4.69) is 4.98 Å². The number of methoxy groups -OCH3 is 1. The first-order valence-electron chi connectivity index (χ1n) is 7.34. The van der Waals surface area contributed by atoms with E-state index < -0.39 is 0 Å². The van der Waals surface area contributed by atoms with Gasteiger partial charge in [-0.3, -0.25) is 4.79 Å². The van der Waals surface area contributed by atoms with Gasteiger partial charge in [0, 0.05) is 5.56 Å². The number of aromatic nitrogens is 1. The Kier molecular flexibility index (Phi) is 4.16. The summed E-state index contributed by atoms with van der Waals surface area (Å²) in [4.78, 5) is 15.2. The van der Waals surface area contributed by atoms with E-state index in [1.54, 1.807) is 24.3 Å². The summed E-state index contributed by atoms with van der Waals surface area (Å²) < 4.78 is 31.8. The highest BCUT2D eigenvalue weighted by atomic mass is 19.1. The maximum Gasteiger partial charge on any atom is 0.202 e. The fourth-order valence-corrected chi connectivity index (χ4v) is 2.70. The number of benzene rings is 2. The first-order valence-corrected chi connectivity index (χ1v) is 7.34. The van der Waals surface area contributed by atoms with Crippen molar-refractivity contribution in [1.82, 2.24) is 4.98 Å². The fourth-order valence-electron chi connectivity index (χ4n) is 2.70. The van der Waals surface area contributed by atoms with Crippen LogP contribution in [0.4, 0.5) is 8.78 Å². The highest BCUT2D eigenvalue weighted by Crippen LogP contribution is 2.40. The third kappa shape index (κ3) is 2.80. The van der Waals surface area contributed by atoms with Gasteiger partial charge in [0.25, 0.3) is 0 Å². The molecule has 3 rings (SSSR count). The third-order valence-corrected chi connectivity index (χ3v) is 3.79. The molecular formula is C19H15F2NO2. The van der Waals surface area contributed by atoms with E-state index in [9.17, 15) is 13.6 Å². The number of hydrogen-bond donors (Lipinski definition) is 1. The Morgan fingerprint density at radius 2 is 1.42 bits per heavy atom. The van der Waals surface area contributed by atoms with Gasteiger partial charge in [0.2, 0.25) is 5.88 Å². The molecule has 5 heteroatoms. The molecule has 1 N–H and O–H groups in total. The van der Waals surface area contributed by atoms with Crippen LogP contribution in [0.15, 0.2) is 48.5 Å². The van der Waals surface area contributed by atoms with Crippen molar-refractivity contribution in [3.63, 3.8) is 0 Å².